The lowest BCUT2D eigenvalue weighted by atomic mass is 10.1. The van der Waals surface area contributed by atoms with Crippen molar-refractivity contribution in [3.05, 3.63) is 58.0 Å². The van der Waals surface area contributed by atoms with E-state index in [1.807, 2.05) is 12.1 Å². The molecule has 38 heavy (non-hydrogen) atoms. The van der Waals surface area contributed by atoms with Crippen LogP contribution in [0.2, 0.25) is 5.02 Å². The summed E-state index contributed by atoms with van der Waals surface area (Å²) >= 11 is 6.89. The quantitative estimate of drug-likeness (QED) is 0.175. The maximum atomic E-state index is 13.0. The van der Waals surface area contributed by atoms with E-state index in [9.17, 15) is 13.2 Å². The van der Waals surface area contributed by atoms with Gasteiger partial charge in [0.1, 0.15) is 0 Å². The highest BCUT2D eigenvalue weighted by molar-refractivity contribution is 8.19. The van der Waals surface area contributed by atoms with Crippen LogP contribution >= 0.6 is 23.4 Å². The number of halogens is 1. The van der Waals surface area contributed by atoms with E-state index in [4.69, 9.17) is 21.1 Å². The van der Waals surface area contributed by atoms with Gasteiger partial charge in [-0.25, -0.2) is 0 Å². The highest BCUT2D eigenvalue weighted by atomic mass is 35.5. The Hall–Kier alpha value is -2.49. The average Bonchev–Trinajstić information content (AvgIpc) is 3.18. The van der Waals surface area contributed by atoms with Crippen LogP contribution < -0.4 is 9.47 Å². The number of likely N-dealkylation sites (N-methyl/N-ethyl adjacent to an activating group) is 1. The van der Waals surface area contributed by atoms with Gasteiger partial charge in [-0.1, -0.05) is 63.1 Å². The summed E-state index contributed by atoms with van der Waals surface area (Å²) in [5, 5.41) is 0.535. The zero-order valence-corrected chi connectivity index (χ0v) is 24.5. The molecule has 3 rings (SSSR count). The molecule has 0 atom stereocenters. The third-order valence-electron chi connectivity index (χ3n) is 6.00. The first-order valence-electron chi connectivity index (χ1n) is 12.9. The molecule has 0 N–H and O–H groups in total. The zero-order valence-electron chi connectivity index (χ0n) is 22.1. The predicted molar refractivity (Wildman–Crippen MR) is 156 cm³/mol. The summed E-state index contributed by atoms with van der Waals surface area (Å²) in [6.07, 6.45) is 10.2. The number of sulfonamides is 1. The molecule has 0 radical (unpaired) electrons. The van der Waals surface area contributed by atoms with Gasteiger partial charge in [0.05, 0.1) is 23.5 Å². The number of ether oxygens (including phenoxy) is 2. The minimum atomic E-state index is -4.01. The molecule has 1 heterocycles. The van der Waals surface area contributed by atoms with Gasteiger partial charge < -0.3 is 9.47 Å². The number of unbranched alkanes of at least 4 members (excludes halogenated alkanes) is 6. The Morgan fingerprint density at radius 3 is 2.32 bits per heavy atom. The molecule has 0 aliphatic carbocycles. The minimum Gasteiger partial charge on any atom is -0.493 e. The van der Waals surface area contributed by atoms with Crippen LogP contribution in [0.1, 0.15) is 64.4 Å². The molecule has 0 unspecified atom stereocenters. The monoisotopic (exact) mass is 578 g/mol. The number of methoxy groups -OCH3 is 1. The van der Waals surface area contributed by atoms with E-state index >= 15 is 0 Å². The van der Waals surface area contributed by atoms with Crippen molar-refractivity contribution in [3.8, 4) is 11.5 Å². The molecule has 10 heteroatoms. The lowest BCUT2D eigenvalue weighted by Gasteiger charge is -2.12. The summed E-state index contributed by atoms with van der Waals surface area (Å²) in [4.78, 5) is 14.7. The Kier molecular flexibility index (Phi) is 11.6. The van der Waals surface area contributed by atoms with E-state index in [-0.39, 0.29) is 22.5 Å². The van der Waals surface area contributed by atoms with Gasteiger partial charge in [-0.2, -0.15) is 8.42 Å². The third-order valence-corrected chi connectivity index (χ3v) is 8.66. The molecule has 2 aromatic carbocycles. The number of thioether (sulfide) groups is 1. The van der Waals surface area contributed by atoms with Crippen molar-refractivity contribution in [3.63, 3.8) is 0 Å². The maximum Gasteiger partial charge on any atom is 0.284 e. The number of amidine groups is 1. The topological polar surface area (TPSA) is 85.3 Å². The second-order valence-electron chi connectivity index (χ2n) is 8.84. The number of nitrogens with zero attached hydrogens (tertiary/aromatic N) is 2. The second kappa shape index (κ2) is 14.6. The van der Waals surface area contributed by atoms with Crippen LogP contribution in [0.5, 0.6) is 11.5 Å². The number of hydrogen-bond acceptors (Lipinski definition) is 6. The zero-order chi connectivity index (χ0) is 27.5. The van der Waals surface area contributed by atoms with Crippen molar-refractivity contribution >= 4 is 50.5 Å². The van der Waals surface area contributed by atoms with E-state index < -0.39 is 10.0 Å². The van der Waals surface area contributed by atoms with Crippen molar-refractivity contribution in [2.75, 3.05) is 20.3 Å². The fraction of sp³-hybridized carbons (Fsp3) is 0.429. The third kappa shape index (κ3) is 8.25. The van der Waals surface area contributed by atoms with Crippen LogP contribution in [0.4, 0.5) is 0 Å². The number of rotatable bonds is 14. The molecular formula is C28H35ClN2O5S2. The molecule has 2 aromatic rings. The Bertz CT molecular complexity index is 1260. The SMILES string of the molecule is CCCCCCCCCOc1ccc(/C=C2\S/C(=N/S(=O)(=O)c3ccc(Cl)cc3)N(CC)C2=O)cc1OC. The van der Waals surface area contributed by atoms with Gasteiger partial charge in [-0.3, -0.25) is 9.69 Å². The Morgan fingerprint density at radius 1 is 0.974 bits per heavy atom. The van der Waals surface area contributed by atoms with Crippen molar-refractivity contribution in [1.29, 1.82) is 0 Å². The molecule has 1 aliphatic rings. The molecule has 1 fully saturated rings. The number of benzene rings is 2. The van der Waals surface area contributed by atoms with E-state index in [1.54, 1.807) is 26.2 Å². The van der Waals surface area contributed by atoms with Gasteiger partial charge in [0.2, 0.25) is 0 Å². The second-order valence-corrected chi connectivity index (χ2v) is 11.9. The largest absolute Gasteiger partial charge is 0.493 e. The Morgan fingerprint density at radius 2 is 1.66 bits per heavy atom. The lowest BCUT2D eigenvalue weighted by Crippen LogP contribution is -2.29. The first-order valence-corrected chi connectivity index (χ1v) is 15.5. The Balaban J connectivity index is 1.69. The molecule has 1 amide bonds. The fourth-order valence-corrected chi connectivity index (χ4v) is 6.27. The van der Waals surface area contributed by atoms with Crippen molar-refractivity contribution in [2.24, 2.45) is 4.40 Å². The molecular weight excluding hydrogens is 544 g/mol. The van der Waals surface area contributed by atoms with Crippen LogP contribution in [-0.4, -0.2) is 44.7 Å². The van der Waals surface area contributed by atoms with Gasteiger partial charge in [-0.15, -0.1) is 4.40 Å². The van der Waals surface area contributed by atoms with Crippen LogP contribution in [0.15, 0.2) is 56.7 Å². The minimum absolute atomic E-state index is 0.00718. The van der Waals surface area contributed by atoms with Crippen LogP contribution in [0, 0.1) is 0 Å². The van der Waals surface area contributed by atoms with Crippen molar-refractivity contribution in [1.82, 2.24) is 4.90 Å². The number of carbonyl (C=O) groups excluding carboxylic acids is 1. The molecule has 206 valence electrons. The van der Waals surface area contributed by atoms with Gasteiger partial charge in [0.15, 0.2) is 16.7 Å². The molecule has 0 bridgehead atoms. The average molecular weight is 579 g/mol. The highest BCUT2D eigenvalue weighted by Crippen LogP contribution is 2.35. The molecule has 1 saturated heterocycles. The van der Waals surface area contributed by atoms with Crippen molar-refractivity contribution < 1.29 is 22.7 Å². The number of carbonyl (C=O) groups is 1. The molecule has 1 aliphatic heterocycles. The summed E-state index contributed by atoms with van der Waals surface area (Å²) < 4.78 is 41.0. The van der Waals surface area contributed by atoms with Gasteiger partial charge in [-0.05, 0) is 73.1 Å². The lowest BCUT2D eigenvalue weighted by molar-refractivity contribution is -0.122. The smallest absolute Gasteiger partial charge is 0.284 e. The van der Waals surface area contributed by atoms with Crippen LogP contribution in [-0.2, 0) is 14.8 Å². The molecule has 0 spiro atoms. The van der Waals surface area contributed by atoms with E-state index in [2.05, 4.69) is 11.3 Å². The summed E-state index contributed by atoms with van der Waals surface area (Å²) in [5.74, 6) is 0.919. The normalized spacial score (nSPS) is 16.0. The van der Waals surface area contributed by atoms with E-state index in [0.29, 0.717) is 28.0 Å². The number of amides is 1. The van der Waals surface area contributed by atoms with Gasteiger partial charge in [0.25, 0.3) is 15.9 Å². The van der Waals surface area contributed by atoms with Crippen molar-refractivity contribution in [2.45, 2.75) is 63.7 Å². The highest BCUT2D eigenvalue weighted by Gasteiger charge is 2.34. The summed E-state index contributed by atoms with van der Waals surface area (Å²) in [5.41, 5.74) is 0.735. The molecule has 0 saturated carbocycles. The molecule has 0 aromatic heterocycles. The Labute approximate surface area is 235 Å². The van der Waals surface area contributed by atoms with Gasteiger partial charge in [0, 0.05) is 11.6 Å². The first kappa shape index (κ1) is 30.1. The van der Waals surface area contributed by atoms with Crippen LogP contribution in [0.25, 0.3) is 6.08 Å². The number of hydrogen-bond donors (Lipinski definition) is 0. The van der Waals surface area contributed by atoms with E-state index in [1.165, 1.54) is 61.3 Å². The maximum absolute atomic E-state index is 13.0. The first-order chi connectivity index (χ1) is 18.3. The molecule has 7 nitrogen and oxygen atoms in total. The standard InChI is InChI=1S/C28H35ClN2O5S2/c1-4-6-7-8-9-10-11-18-36-24-17-12-21(19-25(24)35-3)20-26-27(32)31(5-2)28(37-26)30-38(33,34)23-15-13-22(29)14-16-23/h12-17,19-20H,4-11,18H2,1-3H3/b26-20-,30-28+. The van der Waals surface area contributed by atoms with E-state index in [0.717, 1.165) is 30.2 Å². The van der Waals surface area contributed by atoms with Crippen LogP contribution in [0.3, 0.4) is 0 Å². The predicted octanol–water partition coefficient (Wildman–Crippen LogP) is 7.16. The summed E-state index contributed by atoms with van der Waals surface area (Å²) in [7, 11) is -2.43. The van der Waals surface area contributed by atoms with Gasteiger partial charge >= 0.3 is 0 Å². The summed E-state index contributed by atoms with van der Waals surface area (Å²) in [6.45, 7) is 4.89. The summed E-state index contributed by atoms with van der Waals surface area (Å²) in [6, 6.07) is 11.2. The fourth-order valence-electron chi connectivity index (χ4n) is 3.90.